The third-order valence-corrected chi connectivity index (χ3v) is 1.87. The van der Waals surface area contributed by atoms with Gasteiger partial charge in [0.05, 0.1) is 13.7 Å². The zero-order valence-corrected chi connectivity index (χ0v) is 9.19. The monoisotopic (exact) mass is 209 g/mol. The van der Waals surface area contributed by atoms with Crippen molar-refractivity contribution in [1.29, 1.82) is 0 Å². The fraction of sp³-hybridized carbons (Fsp3) is 0.364. The molecule has 0 fully saturated rings. The van der Waals surface area contributed by atoms with E-state index in [1.165, 1.54) is 13.2 Å². The fourth-order valence-electron chi connectivity index (χ4n) is 1.12. The number of ether oxygens (including phenoxy) is 1. The summed E-state index contributed by atoms with van der Waals surface area (Å²) in [5.74, 6) is 1.39. The smallest absolute Gasteiger partial charge is 0.331 e. The number of hydrogen-bond acceptors (Lipinski definition) is 4. The summed E-state index contributed by atoms with van der Waals surface area (Å²) in [7, 11) is 3.21. The molecule has 0 aromatic carbocycles. The van der Waals surface area contributed by atoms with Crippen LogP contribution in [0.5, 0.6) is 0 Å². The molecular formula is C11H15NO3. The molecule has 0 aliphatic heterocycles. The van der Waals surface area contributed by atoms with Gasteiger partial charge in [0.15, 0.2) is 0 Å². The molecule has 1 rings (SSSR count). The molecule has 0 aliphatic rings. The van der Waals surface area contributed by atoms with E-state index in [1.807, 2.05) is 31.0 Å². The molecule has 0 aliphatic carbocycles. The van der Waals surface area contributed by atoms with Crippen molar-refractivity contribution < 1.29 is 13.9 Å². The first kappa shape index (κ1) is 11.4. The molecule has 1 heterocycles. The first-order valence-electron chi connectivity index (χ1n) is 4.63. The van der Waals surface area contributed by atoms with E-state index in [9.17, 15) is 4.79 Å². The fourth-order valence-corrected chi connectivity index (χ4v) is 1.12. The van der Waals surface area contributed by atoms with E-state index in [1.54, 1.807) is 6.20 Å². The van der Waals surface area contributed by atoms with Crippen LogP contribution in [0.25, 0.3) is 0 Å². The van der Waals surface area contributed by atoms with Crippen molar-refractivity contribution >= 4 is 5.97 Å². The van der Waals surface area contributed by atoms with Gasteiger partial charge in [0.1, 0.15) is 11.5 Å². The number of aryl methyl sites for hydroxylation is 1. The summed E-state index contributed by atoms with van der Waals surface area (Å²) < 4.78 is 9.87. The Labute approximate surface area is 89.1 Å². The van der Waals surface area contributed by atoms with Crippen molar-refractivity contribution in [2.75, 3.05) is 14.2 Å². The van der Waals surface area contributed by atoms with Gasteiger partial charge in [-0.1, -0.05) is 0 Å². The summed E-state index contributed by atoms with van der Waals surface area (Å²) in [6.45, 7) is 2.52. The first-order chi connectivity index (χ1) is 7.11. The minimum absolute atomic E-state index is 0.363. The van der Waals surface area contributed by atoms with E-state index in [4.69, 9.17) is 4.42 Å². The van der Waals surface area contributed by atoms with Crippen LogP contribution in [-0.2, 0) is 16.1 Å². The topological polar surface area (TPSA) is 42.7 Å². The maximum atomic E-state index is 10.8. The van der Waals surface area contributed by atoms with Crippen molar-refractivity contribution in [3.63, 3.8) is 0 Å². The molecular weight excluding hydrogens is 194 g/mol. The Kier molecular flexibility index (Phi) is 3.97. The minimum Gasteiger partial charge on any atom is -0.466 e. The molecule has 1 aromatic rings. The van der Waals surface area contributed by atoms with Crippen LogP contribution >= 0.6 is 0 Å². The number of esters is 1. The van der Waals surface area contributed by atoms with E-state index in [2.05, 4.69) is 4.74 Å². The summed E-state index contributed by atoms with van der Waals surface area (Å²) >= 11 is 0. The van der Waals surface area contributed by atoms with Crippen molar-refractivity contribution in [2.24, 2.45) is 0 Å². The third-order valence-electron chi connectivity index (χ3n) is 1.87. The molecule has 0 amide bonds. The molecule has 0 spiro atoms. The molecule has 0 saturated heterocycles. The van der Waals surface area contributed by atoms with Crippen LogP contribution in [0.4, 0.5) is 0 Å². The van der Waals surface area contributed by atoms with Crippen molar-refractivity contribution in [1.82, 2.24) is 4.90 Å². The zero-order valence-electron chi connectivity index (χ0n) is 9.19. The number of rotatable bonds is 4. The number of nitrogens with zero attached hydrogens (tertiary/aromatic N) is 1. The minimum atomic E-state index is -0.363. The van der Waals surface area contributed by atoms with Crippen LogP contribution in [0.15, 0.2) is 28.8 Å². The van der Waals surface area contributed by atoms with Crippen LogP contribution in [0.1, 0.15) is 11.5 Å². The average molecular weight is 209 g/mol. The van der Waals surface area contributed by atoms with Gasteiger partial charge in [0.25, 0.3) is 0 Å². The molecule has 0 N–H and O–H groups in total. The van der Waals surface area contributed by atoms with E-state index >= 15 is 0 Å². The molecule has 4 heteroatoms. The van der Waals surface area contributed by atoms with Crippen molar-refractivity contribution in [3.8, 4) is 0 Å². The summed E-state index contributed by atoms with van der Waals surface area (Å²) in [5.41, 5.74) is 0. The Balaban J connectivity index is 2.45. The van der Waals surface area contributed by atoms with Crippen LogP contribution in [0.3, 0.4) is 0 Å². The number of carbonyl (C=O) groups excluding carboxylic acids is 1. The Morgan fingerprint density at radius 3 is 2.87 bits per heavy atom. The molecule has 0 bridgehead atoms. The van der Waals surface area contributed by atoms with Gasteiger partial charge in [-0.2, -0.15) is 0 Å². The second-order valence-electron chi connectivity index (χ2n) is 3.27. The Morgan fingerprint density at radius 2 is 2.33 bits per heavy atom. The van der Waals surface area contributed by atoms with E-state index in [-0.39, 0.29) is 5.97 Å². The molecule has 0 saturated carbocycles. The molecule has 0 atom stereocenters. The van der Waals surface area contributed by atoms with Crippen LogP contribution in [0, 0.1) is 6.92 Å². The largest absolute Gasteiger partial charge is 0.466 e. The summed E-state index contributed by atoms with van der Waals surface area (Å²) in [6, 6.07) is 3.82. The molecule has 0 radical (unpaired) electrons. The second kappa shape index (κ2) is 5.24. The maximum absolute atomic E-state index is 10.8. The van der Waals surface area contributed by atoms with E-state index in [0.29, 0.717) is 6.54 Å². The SMILES string of the molecule is COC(=O)C=CN(C)Cc1ccc(C)o1. The summed E-state index contributed by atoms with van der Waals surface area (Å²) in [5, 5.41) is 0. The van der Waals surface area contributed by atoms with Crippen molar-refractivity contribution in [3.05, 3.63) is 35.9 Å². The first-order valence-corrected chi connectivity index (χ1v) is 4.63. The quantitative estimate of drug-likeness (QED) is 0.559. The highest BCUT2D eigenvalue weighted by atomic mass is 16.5. The third kappa shape index (κ3) is 3.89. The van der Waals surface area contributed by atoms with Crippen LogP contribution in [-0.4, -0.2) is 25.0 Å². The van der Waals surface area contributed by atoms with Gasteiger partial charge < -0.3 is 14.1 Å². The second-order valence-corrected chi connectivity index (χ2v) is 3.27. The summed E-state index contributed by atoms with van der Waals surface area (Å²) in [6.07, 6.45) is 3.03. The summed E-state index contributed by atoms with van der Waals surface area (Å²) in [4.78, 5) is 12.7. The highest BCUT2D eigenvalue weighted by Gasteiger charge is 2.00. The zero-order chi connectivity index (χ0) is 11.3. The lowest BCUT2D eigenvalue weighted by Crippen LogP contribution is -2.10. The lowest BCUT2D eigenvalue weighted by molar-refractivity contribution is -0.134. The standard InChI is InChI=1S/C11H15NO3/c1-9-4-5-10(15-9)8-12(2)7-6-11(13)14-3/h4-7H,8H2,1-3H3. The van der Waals surface area contributed by atoms with Crippen LogP contribution < -0.4 is 0 Å². The normalized spacial score (nSPS) is 10.6. The van der Waals surface area contributed by atoms with Gasteiger partial charge in [0.2, 0.25) is 0 Å². The molecule has 82 valence electrons. The highest BCUT2D eigenvalue weighted by Crippen LogP contribution is 2.08. The predicted molar refractivity (Wildman–Crippen MR) is 56.1 cm³/mol. The van der Waals surface area contributed by atoms with E-state index in [0.717, 1.165) is 11.5 Å². The molecule has 0 unspecified atom stereocenters. The lowest BCUT2D eigenvalue weighted by Gasteiger charge is -2.10. The maximum Gasteiger partial charge on any atom is 0.331 e. The van der Waals surface area contributed by atoms with Crippen molar-refractivity contribution in [2.45, 2.75) is 13.5 Å². The number of hydrogen-bond donors (Lipinski definition) is 0. The molecule has 4 nitrogen and oxygen atoms in total. The van der Waals surface area contributed by atoms with Gasteiger partial charge in [-0.05, 0) is 19.1 Å². The Hall–Kier alpha value is -1.71. The van der Waals surface area contributed by atoms with Gasteiger partial charge >= 0.3 is 5.97 Å². The Bertz CT molecular complexity index is 354. The van der Waals surface area contributed by atoms with Crippen LogP contribution in [0.2, 0.25) is 0 Å². The highest BCUT2D eigenvalue weighted by molar-refractivity contribution is 5.81. The number of carbonyl (C=O) groups is 1. The van der Waals surface area contributed by atoms with E-state index < -0.39 is 0 Å². The molecule has 15 heavy (non-hydrogen) atoms. The average Bonchev–Trinajstić information content (AvgIpc) is 2.60. The predicted octanol–water partition coefficient (Wildman–Crippen LogP) is 1.71. The number of furan rings is 1. The Morgan fingerprint density at radius 1 is 1.60 bits per heavy atom. The van der Waals surface area contributed by atoms with Gasteiger partial charge in [-0.3, -0.25) is 0 Å². The van der Waals surface area contributed by atoms with Gasteiger partial charge in [-0.15, -0.1) is 0 Å². The lowest BCUT2D eigenvalue weighted by atomic mass is 10.4. The molecule has 1 aromatic heterocycles. The van der Waals surface area contributed by atoms with Gasteiger partial charge in [0, 0.05) is 19.3 Å². The van der Waals surface area contributed by atoms with Gasteiger partial charge in [-0.25, -0.2) is 4.79 Å². The number of methoxy groups -OCH3 is 1.